The summed E-state index contributed by atoms with van der Waals surface area (Å²) < 4.78 is 0. The van der Waals surface area contributed by atoms with Gasteiger partial charge in [-0.15, -0.1) is 5.92 Å². The van der Waals surface area contributed by atoms with Crippen molar-refractivity contribution in [1.82, 2.24) is 5.32 Å². The van der Waals surface area contributed by atoms with Crippen LogP contribution in [0.1, 0.15) is 68.7 Å². The van der Waals surface area contributed by atoms with Gasteiger partial charge in [-0.2, -0.15) is 0 Å². The van der Waals surface area contributed by atoms with Crippen LogP contribution in [-0.2, 0) is 19.2 Å². The smallest absolute Gasteiger partial charge is 0.221 e. The maximum absolute atomic E-state index is 13.0. The van der Waals surface area contributed by atoms with E-state index in [1.807, 2.05) is 26.0 Å². The summed E-state index contributed by atoms with van der Waals surface area (Å²) in [6, 6.07) is 3.77. The summed E-state index contributed by atoms with van der Waals surface area (Å²) in [5.74, 6) is 3.54. The highest BCUT2D eigenvalue weighted by Gasteiger charge is 2.43. The summed E-state index contributed by atoms with van der Waals surface area (Å²) in [6.07, 6.45) is -0.0183. The molecule has 0 aromatic heterocycles. The van der Waals surface area contributed by atoms with Gasteiger partial charge in [0, 0.05) is 29.7 Å². The van der Waals surface area contributed by atoms with E-state index in [-0.39, 0.29) is 42.6 Å². The minimum Gasteiger partial charge on any atom is -0.349 e. The zero-order chi connectivity index (χ0) is 21.9. The molecule has 154 valence electrons. The van der Waals surface area contributed by atoms with Crippen molar-refractivity contribution < 1.29 is 19.2 Å². The van der Waals surface area contributed by atoms with E-state index >= 15 is 0 Å². The number of hydrogen-bond donors (Lipinski definition) is 1. The highest BCUT2D eigenvalue weighted by molar-refractivity contribution is 6.15. The van der Waals surface area contributed by atoms with Gasteiger partial charge in [0.1, 0.15) is 11.7 Å². The van der Waals surface area contributed by atoms with Crippen LogP contribution in [0.15, 0.2) is 12.1 Å². The van der Waals surface area contributed by atoms with Crippen LogP contribution in [0.2, 0.25) is 0 Å². The molecule has 1 N–H and O–H groups in total. The largest absolute Gasteiger partial charge is 0.349 e. The fourth-order valence-electron chi connectivity index (χ4n) is 3.72. The van der Waals surface area contributed by atoms with Crippen molar-refractivity contribution in [3.8, 4) is 11.8 Å². The molecule has 2 atom stereocenters. The molecule has 0 aliphatic heterocycles. The monoisotopic (exact) mass is 395 g/mol. The third-order valence-electron chi connectivity index (χ3n) is 5.32. The molecule has 1 amide bonds. The summed E-state index contributed by atoms with van der Waals surface area (Å²) in [5.41, 5.74) is 2.75. The zero-order valence-corrected chi connectivity index (χ0v) is 18.1. The number of aryl methyl sites for hydroxylation is 2. The SMILES string of the molecule is CC#Cc1cc(C)c(C2C(=O)CC(CC(=O)NCC(=O)C(C)(C)C)C2=O)c(C)c1. The Morgan fingerprint density at radius 1 is 1.14 bits per heavy atom. The van der Waals surface area contributed by atoms with Crippen LogP contribution in [0.4, 0.5) is 0 Å². The van der Waals surface area contributed by atoms with Crippen LogP contribution in [0.3, 0.4) is 0 Å². The molecular formula is C24H29NO4. The van der Waals surface area contributed by atoms with Crippen LogP contribution in [0.5, 0.6) is 0 Å². The molecule has 1 aromatic rings. The number of hydrogen-bond acceptors (Lipinski definition) is 4. The maximum atomic E-state index is 13.0. The second-order valence-corrected chi connectivity index (χ2v) is 8.76. The molecule has 0 radical (unpaired) electrons. The molecule has 1 saturated carbocycles. The first-order valence-electron chi connectivity index (χ1n) is 9.86. The van der Waals surface area contributed by atoms with Gasteiger partial charge in [0.25, 0.3) is 0 Å². The topological polar surface area (TPSA) is 80.3 Å². The lowest BCUT2D eigenvalue weighted by Gasteiger charge is -2.17. The summed E-state index contributed by atoms with van der Waals surface area (Å²) in [7, 11) is 0. The number of ketones is 3. The Kier molecular flexibility index (Phi) is 6.79. The number of amides is 1. The number of carbonyl (C=O) groups is 4. The summed E-state index contributed by atoms with van der Waals surface area (Å²) in [4.78, 5) is 49.8. The van der Waals surface area contributed by atoms with Crippen LogP contribution in [0, 0.1) is 37.0 Å². The van der Waals surface area contributed by atoms with E-state index in [2.05, 4.69) is 17.2 Å². The first-order valence-corrected chi connectivity index (χ1v) is 9.86. The molecule has 1 aliphatic rings. The Hall–Kier alpha value is -2.74. The van der Waals surface area contributed by atoms with E-state index in [9.17, 15) is 19.2 Å². The molecule has 2 unspecified atom stereocenters. The van der Waals surface area contributed by atoms with Gasteiger partial charge in [0.15, 0.2) is 11.6 Å². The Bertz CT molecular complexity index is 901. The van der Waals surface area contributed by atoms with E-state index in [4.69, 9.17) is 0 Å². The lowest BCUT2D eigenvalue weighted by Crippen LogP contribution is -2.36. The predicted octanol–water partition coefficient (Wildman–Crippen LogP) is 3.04. The molecule has 1 fully saturated rings. The number of rotatable bonds is 5. The van der Waals surface area contributed by atoms with Gasteiger partial charge < -0.3 is 5.32 Å². The lowest BCUT2D eigenvalue weighted by molar-refractivity contribution is -0.130. The van der Waals surface area contributed by atoms with Gasteiger partial charge in [0.05, 0.1) is 6.54 Å². The average Bonchev–Trinajstić information content (AvgIpc) is 2.86. The van der Waals surface area contributed by atoms with Gasteiger partial charge in [0.2, 0.25) is 5.91 Å². The first kappa shape index (κ1) is 22.5. The average molecular weight is 395 g/mol. The summed E-state index contributed by atoms with van der Waals surface area (Å²) in [5, 5.41) is 2.58. The van der Waals surface area contributed by atoms with Crippen molar-refractivity contribution in [3.63, 3.8) is 0 Å². The van der Waals surface area contributed by atoms with Crippen molar-refractivity contribution >= 4 is 23.3 Å². The van der Waals surface area contributed by atoms with Crippen LogP contribution >= 0.6 is 0 Å². The van der Waals surface area contributed by atoms with Crippen LogP contribution < -0.4 is 5.32 Å². The molecule has 2 rings (SSSR count). The van der Waals surface area contributed by atoms with E-state index in [0.29, 0.717) is 0 Å². The molecule has 5 nitrogen and oxygen atoms in total. The van der Waals surface area contributed by atoms with Gasteiger partial charge >= 0.3 is 0 Å². The van der Waals surface area contributed by atoms with E-state index in [0.717, 1.165) is 22.3 Å². The molecular weight excluding hydrogens is 366 g/mol. The second kappa shape index (κ2) is 8.73. The Labute approximate surface area is 172 Å². The van der Waals surface area contributed by atoms with Crippen molar-refractivity contribution in [1.29, 1.82) is 0 Å². The Morgan fingerprint density at radius 2 is 1.72 bits per heavy atom. The van der Waals surface area contributed by atoms with Crippen molar-refractivity contribution in [2.45, 2.75) is 60.3 Å². The van der Waals surface area contributed by atoms with E-state index < -0.39 is 17.3 Å². The van der Waals surface area contributed by atoms with Gasteiger partial charge in [-0.3, -0.25) is 19.2 Å². The second-order valence-electron chi connectivity index (χ2n) is 8.76. The van der Waals surface area contributed by atoms with Crippen molar-refractivity contribution in [3.05, 3.63) is 34.4 Å². The highest BCUT2D eigenvalue weighted by Crippen LogP contribution is 2.37. The molecule has 0 saturated heterocycles. The minimum absolute atomic E-state index is 0.0551. The number of carbonyl (C=O) groups excluding carboxylic acids is 4. The van der Waals surface area contributed by atoms with Crippen molar-refractivity contribution in [2.75, 3.05) is 6.54 Å². The molecule has 29 heavy (non-hydrogen) atoms. The van der Waals surface area contributed by atoms with Gasteiger partial charge in [-0.05, 0) is 49.6 Å². The number of benzene rings is 1. The molecule has 0 heterocycles. The quantitative estimate of drug-likeness (QED) is 0.614. The fourth-order valence-corrected chi connectivity index (χ4v) is 3.72. The Morgan fingerprint density at radius 3 is 2.24 bits per heavy atom. The summed E-state index contributed by atoms with van der Waals surface area (Å²) in [6.45, 7) is 10.8. The Balaban J connectivity index is 2.13. The van der Waals surface area contributed by atoms with Crippen molar-refractivity contribution in [2.24, 2.45) is 11.3 Å². The number of Topliss-reactive ketones (excluding diaryl/α,β-unsaturated/α-hetero) is 3. The maximum Gasteiger partial charge on any atom is 0.221 e. The lowest BCUT2D eigenvalue weighted by atomic mass is 9.86. The van der Waals surface area contributed by atoms with Gasteiger partial charge in [-0.25, -0.2) is 0 Å². The summed E-state index contributed by atoms with van der Waals surface area (Å²) >= 11 is 0. The van der Waals surface area contributed by atoms with Gasteiger partial charge in [-0.1, -0.05) is 26.7 Å². The molecule has 0 bridgehead atoms. The highest BCUT2D eigenvalue weighted by atomic mass is 16.2. The predicted molar refractivity (Wildman–Crippen MR) is 111 cm³/mol. The molecule has 1 aliphatic carbocycles. The molecule has 5 heteroatoms. The number of nitrogens with one attached hydrogen (secondary N) is 1. The van der Waals surface area contributed by atoms with E-state index in [1.54, 1.807) is 27.7 Å². The zero-order valence-electron chi connectivity index (χ0n) is 18.1. The first-order chi connectivity index (χ1) is 13.5. The standard InChI is InChI=1S/C24H29NO4/c1-7-8-16-9-14(2)21(15(3)10-16)22-18(26)11-17(23(22)29)12-20(28)25-13-19(27)24(4,5)6/h9-10,17,22H,11-13H2,1-6H3,(H,25,28). The normalized spacial score (nSPS) is 19.0. The molecule has 1 aromatic carbocycles. The molecule has 0 spiro atoms. The van der Waals surface area contributed by atoms with E-state index in [1.165, 1.54) is 0 Å². The van der Waals surface area contributed by atoms with Crippen LogP contribution in [-0.4, -0.2) is 29.8 Å². The third kappa shape index (κ3) is 5.20. The fraction of sp³-hybridized carbons (Fsp3) is 0.500. The third-order valence-corrected chi connectivity index (χ3v) is 5.32. The van der Waals surface area contributed by atoms with Crippen LogP contribution in [0.25, 0.3) is 0 Å². The minimum atomic E-state index is -0.826.